The predicted octanol–water partition coefficient (Wildman–Crippen LogP) is 0.420. The molecular weight excluding hydrogens is 176 g/mol. The lowest BCUT2D eigenvalue weighted by atomic mass is 10.3. The van der Waals surface area contributed by atoms with Gasteiger partial charge >= 0.3 is 5.97 Å². The second kappa shape index (κ2) is 5.05. The van der Waals surface area contributed by atoms with Gasteiger partial charge in [-0.25, -0.2) is 4.79 Å². The van der Waals surface area contributed by atoms with E-state index in [9.17, 15) is 4.79 Å². The molecule has 0 heterocycles. The number of halogens is 1. The highest BCUT2D eigenvalue weighted by Gasteiger charge is 2.07. The highest BCUT2D eigenvalue weighted by Crippen LogP contribution is 1.86. The van der Waals surface area contributed by atoms with Gasteiger partial charge in [0.25, 0.3) is 0 Å². The van der Waals surface area contributed by atoms with Crippen LogP contribution in [0.4, 0.5) is 0 Å². The van der Waals surface area contributed by atoms with Gasteiger partial charge in [-0.15, -0.1) is 17.0 Å². The predicted molar refractivity (Wildman–Crippen MR) is 34.3 cm³/mol. The van der Waals surface area contributed by atoms with Crippen LogP contribution >= 0.6 is 17.0 Å². The van der Waals surface area contributed by atoms with E-state index in [1.165, 1.54) is 0 Å². The lowest BCUT2D eigenvalue weighted by Gasteiger charge is -1.95. The minimum Gasteiger partial charge on any atom is -0.479 e. The van der Waals surface area contributed by atoms with Crippen LogP contribution in [0.15, 0.2) is 0 Å². The molecule has 0 aromatic heterocycles. The third-order valence-corrected chi connectivity index (χ3v) is 0.672. The van der Waals surface area contributed by atoms with E-state index in [0.717, 1.165) is 0 Å². The molecule has 0 spiro atoms. The zero-order valence-corrected chi connectivity index (χ0v) is 6.21. The number of rotatable bonds is 2. The maximum Gasteiger partial charge on any atom is 0.332 e. The molecule has 0 saturated carbocycles. The van der Waals surface area contributed by atoms with Gasteiger partial charge in [0.2, 0.25) is 0 Å². The molecular formula is C4H9BrO3. The average molecular weight is 185 g/mol. The Morgan fingerprint density at radius 3 is 2.12 bits per heavy atom. The Morgan fingerprint density at radius 2 is 2.12 bits per heavy atom. The van der Waals surface area contributed by atoms with Gasteiger partial charge in [-0.3, -0.25) is 0 Å². The quantitative estimate of drug-likeness (QED) is 0.655. The minimum atomic E-state index is -1.18. The summed E-state index contributed by atoms with van der Waals surface area (Å²) in [5.74, 6) is -1.15. The number of aliphatic carboxylic acids is 1. The normalized spacial score (nSPS) is 11.8. The van der Waals surface area contributed by atoms with E-state index in [1.54, 1.807) is 6.92 Å². The molecule has 0 aliphatic heterocycles. The van der Waals surface area contributed by atoms with E-state index in [4.69, 9.17) is 10.2 Å². The Morgan fingerprint density at radius 1 is 1.75 bits per heavy atom. The first-order valence-corrected chi connectivity index (χ1v) is 2.09. The van der Waals surface area contributed by atoms with E-state index >= 15 is 0 Å². The minimum absolute atomic E-state index is 0. The summed E-state index contributed by atoms with van der Waals surface area (Å²) < 4.78 is 0. The third-order valence-electron chi connectivity index (χ3n) is 0.672. The highest BCUT2D eigenvalue weighted by atomic mass is 79.9. The van der Waals surface area contributed by atoms with E-state index in [0.29, 0.717) is 0 Å². The van der Waals surface area contributed by atoms with Crippen molar-refractivity contribution < 1.29 is 15.0 Å². The SMILES string of the molecule is Br.CCC(O)C(=O)O. The van der Waals surface area contributed by atoms with Gasteiger partial charge in [0.1, 0.15) is 0 Å². The van der Waals surface area contributed by atoms with Crippen LogP contribution < -0.4 is 0 Å². The Labute approximate surface area is 58.1 Å². The second-order valence-electron chi connectivity index (χ2n) is 1.26. The zero-order valence-electron chi connectivity index (χ0n) is 4.50. The van der Waals surface area contributed by atoms with Gasteiger partial charge < -0.3 is 10.2 Å². The Kier molecular flexibility index (Phi) is 6.83. The number of carbonyl (C=O) groups is 1. The smallest absolute Gasteiger partial charge is 0.332 e. The Hall–Kier alpha value is -0.0900. The van der Waals surface area contributed by atoms with E-state index < -0.39 is 12.1 Å². The number of carboxylic acids is 1. The molecule has 50 valence electrons. The summed E-state index contributed by atoms with van der Waals surface area (Å²) in [4.78, 5) is 9.68. The number of hydrogen-bond donors (Lipinski definition) is 2. The van der Waals surface area contributed by atoms with Crippen molar-refractivity contribution in [2.24, 2.45) is 0 Å². The molecule has 8 heavy (non-hydrogen) atoms. The average Bonchev–Trinajstić information content (AvgIpc) is 1.65. The topological polar surface area (TPSA) is 57.5 Å². The van der Waals surface area contributed by atoms with Gasteiger partial charge in [0.05, 0.1) is 0 Å². The van der Waals surface area contributed by atoms with Gasteiger partial charge in [0, 0.05) is 0 Å². The Bertz CT molecular complexity index is 73.7. The van der Waals surface area contributed by atoms with Crippen LogP contribution in [0.3, 0.4) is 0 Å². The molecule has 0 bridgehead atoms. The molecule has 0 rings (SSSR count). The first-order valence-electron chi connectivity index (χ1n) is 2.09. The lowest BCUT2D eigenvalue weighted by Crippen LogP contribution is -2.17. The van der Waals surface area contributed by atoms with Gasteiger partial charge in [-0.2, -0.15) is 0 Å². The van der Waals surface area contributed by atoms with E-state index in [-0.39, 0.29) is 23.4 Å². The summed E-state index contributed by atoms with van der Waals surface area (Å²) in [6.07, 6.45) is -0.907. The highest BCUT2D eigenvalue weighted by molar-refractivity contribution is 8.93. The molecule has 1 atom stereocenters. The van der Waals surface area contributed by atoms with Crippen LogP contribution in [0.1, 0.15) is 13.3 Å². The molecule has 0 aromatic carbocycles. The van der Waals surface area contributed by atoms with Crippen LogP contribution in [-0.2, 0) is 4.79 Å². The van der Waals surface area contributed by atoms with Crippen molar-refractivity contribution >= 4 is 23.0 Å². The molecule has 3 nitrogen and oxygen atoms in total. The molecule has 0 radical (unpaired) electrons. The number of hydrogen-bond acceptors (Lipinski definition) is 2. The van der Waals surface area contributed by atoms with Gasteiger partial charge in [0.15, 0.2) is 6.10 Å². The number of carboxylic acid groups (broad SMARTS) is 1. The summed E-state index contributed by atoms with van der Waals surface area (Å²) in [6, 6.07) is 0. The summed E-state index contributed by atoms with van der Waals surface area (Å²) >= 11 is 0. The molecule has 0 aliphatic carbocycles. The molecule has 2 N–H and O–H groups in total. The standard InChI is InChI=1S/C4H8O3.BrH/c1-2-3(5)4(6)7;/h3,5H,2H2,1H3,(H,6,7);1H. The molecule has 0 fully saturated rings. The maximum absolute atomic E-state index is 9.68. The second-order valence-corrected chi connectivity index (χ2v) is 1.26. The molecule has 1 unspecified atom stereocenters. The zero-order chi connectivity index (χ0) is 5.86. The monoisotopic (exact) mass is 184 g/mol. The summed E-state index contributed by atoms with van der Waals surface area (Å²) in [6.45, 7) is 1.61. The first kappa shape index (κ1) is 10.8. The van der Waals surface area contributed by atoms with Crippen molar-refractivity contribution in [2.45, 2.75) is 19.4 Å². The molecule has 0 aliphatic rings. The van der Waals surface area contributed by atoms with Crippen molar-refractivity contribution in [2.75, 3.05) is 0 Å². The fraction of sp³-hybridized carbons (Fsp3) is 0.750. The van der Waals surface area contributed by atoms with Crippen LogP contribution in [0, 0.1) is 0 Å². The molecule has 0 aromatic rings. The van der Waals surface area contributed by atoms with Crippen molar-refractivity contribution in [1.29, 1.82) is 0 Å². The number of aliphatic hydroxyl groups is 1. The van der Waals surface area contributed by atoms with Crippen molar-refractivity contribution in [3.05, 3.63) is 0 Å². The molecule has 4 heteroatoms. The van der Waals surface area contributed by atoms with Gasteiger partial charge in [-0.1, -0.05) is 6.92 Å². The summed E-state index contributed by atoms with van der Waals surface area (Å²) in [5, 5.41) is 16.3. The van der Waals surface area contributed by atoms with Crippen LogP contribution in [0.25, 0.3) is 0 Å². The fourth-order valence-electron chi connectivity index (χ4n) is 0.175. The molecule has 0 amide bonds. The third kappa shape index (κ3) is 4.08. The van der Waals surface area contributed by atoms with E-state index in [1.807, 2.05) is 0 Å². The van der Waals surface area contributed by atoms with Crippen molar-refractivity contribution in [3.63, 3.8) is 0 Å². The van der Waals surface area contributed by atoms with Crippen LogP contribution in [0.2, 0.25) is 0 Å². The maximum atomic E-state index is 9.68. The van der Waals surface area contributed by atoms with Gasteiger partial charge in [-0.05, 0) is 6.42 Å². The summed E-state index contributed by atoms with van der Waals surface area (Å²) in [5.41, 5.74) is 0. The molecule has 0 saturated heterocycles. The fourth-order valence-corrected chi connectivity index (χ4v) is 0.175. The van der Waals surface area contributed by atoms with Crippen molar-refractivity contribution in [1.82, 2.24) is 0 Å². The first-order chi connectivity index (χ1) is 3.18. The lowest BCUT2D eigenvalue weighted by molar-refractivity contribution is -0.146. The Balaban J connectivity index is 0. The number of aliphatic hydroxyl groups excluding tert-OH is 1. The largest absolute Gasteiger partial charge is 0.479 e. The summed E-state index contributed by atoms with van der Waals surface area (Å²) in [7, 11) is 0. The van der Waals surface area contributed by atoms with Crippen molar-refractivity contribution in [3.8, 4) is 0 Å². The van der Waals surface area contributed by atoms with Crippen LogP contribution in [-0.4, -0.2) is 22.3 Å². The van der Waals surface area contributed by atoms with Crippen LogP contribution in [0.5, 0.6) is 0 Å². The van der Waals surface area contributed by atoms with E-state index in [2.05, 4.69) is 0 Å².